The lowest BCUT2D eigenvalue weighted by molar-refractivity contribution is -0.138. The molecule has 9 nitrogen and oxygen atoms in total. The number of anilines is 1. The SMILES string of the molecule is COc1ccc(S(=O)(=O)N(CC(=O)N(CCc2ccccc2)[C@H](C)C(=O)NCC(C)C)c2ccccc2)cc1OC. The summed E-state index contributed by atoms with van der Waals surface area (Å²) in [6.45, 7) is 5.83. The lowest BCUT2D eigenvalue weighted by Gasteiger charge is -2.32. The maximum Gasteiger partial charge on any atom is 0.264 e. The van der Waals surface area contributed by atoms with Gasteiger partial charge in [0.25, 0.3) is 10.0 Å². The van der Waals surface area contributed by atoms with Crippen molar-refractivity contribution in [3.8, 4) is 11.5 Å². The maximum absolute atomic E-state index is 14.0. The number of hydrogen-bond donors (Lipinski definition) is 1. The molecule has 0 aliphatic rings. The molecule has 0 saturated carbocycles. The molecule has 0 saturated heterocycles. The van der Waals surface area contributed by atoms with E-state index >= 15 is 0 Å². The summed E-state index contributed by atoms with van der Waals surface area (Å²) in [5.74, 6) is 0.0601. The molecule has 3 rings (SSSR count). The molecular weight excluding hydrogens is 542 g/mol. The molecule has 3 aromatic rings. The van der Waals surface area contributed by atoms with Gasteiger partial charge in [-0.1, -0.05) is 62.4 Å². The summed E-state index contributed by atoms with van der Waals surface area (Å²) in [4.78, 5) is 28.4. The van der Waals surface area contributed by atoms with Crippen LogP contribution in [0.1, 0.15) is 26.3 Å². The van der Waals surface area contributed by atoms with Gasteiger partial charge in [-0.05, 0) is 49.1 Å². The second-order valence-corrected chi connectivity index (χ2v) is 11.9. The summed E-state index contributed by atoms with van der Waals surface area (Å²) in [5.41, 5.74) is 1.31. The van der Waals surface area contributed by atoms with Crippen LogP contribution in [0.3, 0.4) is 0 Å². The normalized spacial score (nSPS) is 12.0. The molecule has 0 radical (unpaired) electrons. The van der Waals surface area contributed by atoms with Gasteiger partial charge in [0, 0.05) is 19.2 Å². The summed E-state index contributed by atoms with van der Waals surface area (Å²) in [7, 11) is -1.34. The molecule has 0 aliphatic carbocycles. The van der Waals surface area contributed by atoms with Gasteiger partial charge in [0.2, 0.25) is 11.8 Å². The van der Waals surface area contributed by atoms with Crippen molar-refractivity contribution in [3.63, 3.8) is 0 Å². The van der Waals surface area contributed by atoms with Gasteiger partial charge in [-0.15, -0.1) is 0 Å². The molecule has 10 heteroatoms. The average molecular weight is 582 g/mol. The molecule has 0 bridgehead atoms. The first kappa shape index (κ1) is 31.5. The van der Waals surface area contributed by atoms with Crippen molar-refractivity contribution < 1.29 is 27.5 Å². The number of sulfonamides is 1. The number of ether oxygens (including phenoxy) is 2. The van der Waals surface area contributed by atoms with Crippen LogP contribution in [0.2, 0.25) is 0 Å². The lowest BCUT2D eigenvalue weighted by Crippen LogP contribution is -2.52. The molecule has 3 aromatic carbocycles. The number of carbonyl (C=O) groups is 2. The van der Waals surface area contributed by atoms with Crippen molar-refractivity contribution >= 4 is 27.5 Å². The molecular formula is C31H39N3O6S. The Kier molecular flexibility index (Phi) is 11.2. The minimum atomic E-state index is -4.23. The molecule has 220 valence electrons. The highest BCUT2D eigenvalue weighted by Gasteiger charge is 2.32. The van der Waals surface area contributed by atoms with Crippen molar-refractivity contribution in [2.24, 2.45) is 5.92 Å². The van der Waals surface area contributed by atoms with Gasteiger partial charge >= 0.3 is 0 Å². The largest absolute Gasteiger partial charge is 0.493 e. The van der Waals surface area contributed by atoms with Gasteiger partial charge in [-0.25, -0.2) is 8.42 Å². The Morgan fingerprint density at radius 1 is 0.854 bits per heavy atom. The van der Waals surface area contributed by atoms with Gasteiger partial charge in [-0.2, -0.15) is 0 Å². The topological polar surface area (TPSA) is 105 Å². The average Bonchev–Trinajstić information content (AvgIpc) is 2.98. The van der Waals surface area contributed by atoms with Crippen molar-refractivity contribution in [2.45, 2.75) is 38.1 Å². The third-order valence-corrected chi connectivity index (χ3v) is 8.37. The summed E-state index contributed by atoms with van der Waals surface area (Å²) in [5, 5.41) is 2.89. The predicted octanol–water partition coefficient (Wildman–Crippen LogP) is 4.13. The van der Waals surface area contributed by atoms with Crippen LogP contribution in [-0.2, 0) is 26.0 Å². The van der Waals surface area contributed by atoms with E-state index in [2.05, 4.69) is 5.32 Å². The summed E-state index contributed by atoms with van der Waals surface area (Å²) < 4.78 is 39.6. The van der Waals surface area contributed by atoms with Crippen LogP contribution >= 0.6 is 0 Å². The number of methoxy groups -OCH3 is 2. The number of benzene rings is 3. The fourth-order valence-corrected chi connectivity index (χ4v) is 5.68. The van der Waals surface area contributed by atoms with E-state index in [9.17, 15) is 18.0 Å². The zero-order valence-electron chi connectivity index (χ0n) is 24.2. The minimum absolute atomic E-state index is 0.0645. The smallest absolute Gasteiger partial charge is 0.264 e. The number of hydrogen-bond acceptors (Lipinski definition) is 6. The maximum atomic E-state index is 14.0. The highest BCUT2D eigenvalue weighted by molar-refractivity contribution is 7.92. The first-order valence-corrected chi connectivity index (χ1v) is 14.9. The first-order valence-electron chi connectivity index (χ1n) is 13.5. The van der Waals surface area contributed by atoms with E-state index in [4.69, 9.17) is 9.47 Å². The first-order chi connectivity index (χ1) is 19.6. The van der Waals surface area contributed by atoms with Gasteiger partial charge < -0.3 is 19.7 Å². The van der Waals surface area contributed by atoms with Crippen LogP contribution < -0.4 is 19.1 Å². The van der Waals surface area contributed by atoms with E-state index in [0.29, 0.717) is 24.4 Å². The third-order valence-electron chi connectivity index (χ3n) is 6.60. The van der Waals surface area contributed by atoms with Crippen molar-refractivity contribution in [1.82, 2.24) is 10.2 Å². The standard InChI is InChI=1S/C31H39N3O6S/c1-23(2)21-32-31(36)24(3)33(19-18-25-12-8-6-9-13-25)30(35)22-34(26-14-10-7-11-15-26)41(37,38)27-16-17-28(39-4)29(20-27)40-5/h6-17,20,23-24H,18-19,21-22H2,1-5H3,(H,32,36)/t24-/m1/s1. The van der Waals surface area contributed by atoms with Gasteiger partial charge in [0.05, 0.1) is 24.8 Å². The quantitative estimate of drug-likeness (QED) is 0.307. The Labute approximate surface area is 243 Å². The van der Waals surface area contributed by atoms with Crippen molar-refractivity contribution in [1.29, 1.82) is 0 Å². The Bertz CT molecular complexity index is 1400. The van der Waals surface area contributed by atoms with E-state index in [-0.39, 0.29) is 29.0 Å². The number of rotatable bonds is 14. The Hall–Kier alpha value is -4.05. The summed E-state index contributed by atoms with van der Waals surface area (Å²) >= 11 is 0. The highest BCUT2D eigenvalue weighted by Crippen LogP contribution is 2.32. The second kappa shape index (κ2) is 14.5. The van der Waals surface area contributed by atoms with Crippen molar-refractivity contribution in [2.75, 3.05) is 38.2 Å². The fourth-order valence-electron chi connectivity index (χ4n) is 4.25. The van der Waals surface area contributed by atoms with E-state index < -0.39 is 28.5 Å². The third kappa shape index (κ3) is 8.23. The Morgan fingerprint density at radius 3 is 2.05 bits per heavy atom. The van der Waals surface area contributed by atoms with Gasteiger partial charge in [0.15, 0.2) is 11.5 Å². The fraction of sp³-hybridized carbons (Fsp3) is 0.355. The molecule has 0 unspecified atom stereocenters. The van der Waals surface area contributed by atoms with Crippen LogP contribution in [0, 0.1) is 5.92 Å². The predicted molar refractivity (Wildman–Crippen MR) is 160 cm³/mol. The zero-order chi connectivity index (χ0) is 30.0. The molecule has 0 aromatic heterocycles. The van der Waals surface area contributed by atoms with E-state index in [1.165, 1.54) is 37.3 Å². The van der Waals surface area contributed by atoms with Crippen LogP contribution in [-0.4, -0.2) is 65.0 Å². The van der Waals surface area contributed by atoms with Crippen LogP contribution in [0.4, 0.5) is 5.69 Å². The number of nitrogens with zero attached hydrogens (tertiary/aromatic N) is 2. The molecule has 2 amide bonds. The number of amides is 2. The highest BCUT2D eigenvalue weighted by atomic mass is 32.2. The molecule has 0 heterocycles. The second-order valence-electron chi connectivity index (χ2n) is 10.0. The number of nitrogens with one attached hydrogen (secondary N) is 1. The van der Waals surface area contributed by atoms with Gasteiger partial charge in [0.1, 0.15) is 12.6 Å². The molecule has 41 heavy (non-hydrogen) atoms. The Morgan fingerprint density at radius 2 is 1.46 bits per heavy atom. The molecule has 0 fully saturated rings. The monoisotopic (exact) mass is 581 g/mol. The lowest BCUT2D eigenvalue weighted by atomic mass is 10.1. The molecule has 1 atom stereocenters. The van der Waals surface area contributed by atoms with Crippen molar-refractivity contribution in [3.05, 3.63) is 84.4 Å². The van der Waals surface area contributed by atoms with Crippen LogP contribution in [0.25, 0.3) is 0 Å². The van der Waals surface area contributed by atoms with E-state index in [0.717, 1.165) is 9.87 Å². The summed E-state index contributed by atoms with van der Waals surface area (Å²) in [6.07, 6.45) is 0.502. The molecule has 1 N–H and O–H groups in total. The van der Waals surface area contributed by atoms with E-state index in [1.54, 1.807) is 37.3 Å². The van der Waals surface area contributed by atoms with Crippen LogP contribution in [0.5, 0.6) is 11.5 Å². The molecule has 0 aliphatic heterocycles. The zero-order valence-corrected chi connectivity index (χ0v) is 25.1. The number of carbonyl (C=O) groups excluding carboxylic acids is 2. The summed E-state index contributed by atoms with van der Waals surface area (Å²) in [6, 6.07) is 21.5. The van der Waals surface area contributed by atoms with Crippen LogP contribution in [0.15, 0.2) is 83.8 Å². The van der Waals surface area contributed by atoms with Gasteiger partial charge in [-0.3, -0.25) is 13.9 Å². The van der Waals surface area contributed by atoms with E-state index in [1.807, 2.05) is 44.2 Å². The molecule has 0 spiro atoms. The minimum Gasteiger partial charge on any atom is -0.493 e. The Balaban J connectivity index is 1.98. The number of para-hydroxylation sites is 1.